The van der Waals surface area contributed by atoms with E-state index in [2.05, 4.69) is 0 Å². The van der Waals surface area contributed by atoms with Crippen molar-refractivity contribution < 1.29 is 19.7 Å². The molecule has 0 fully saturated rings. The lowest BCUT2D eigenvalue weighted by Gasteiger charge is -2.33. The number of benzene rings is 1. The summed E-state index contributed by atoms with van der Waals surface area (Å²) in [7, 11) is 0. The van der Waals surface area contributed by atoms with E-state index in [1.54, 1.807) is 0 Å². The molecular formula is C13H17O4-. The number of carbonyl (C=O) groups excluding carboxylic acids is 1. The van der Waals surface area contributed by atoms with E-state index in [1.807, 2.05) is 37.3 Å². The Morgan fingerprint density at radius 2 is 2.06 bits per heavy atom. The second-order valence-corrected chi connectivity index (χ2v) is 4.10. The van der Waals surface area contributed by atoms with Crippen molar-refractivity contribution in [1.82, 2.24) is 0 Å². The van der Waals surface area contributed by atoms with E-state index < -0.39 is 18.2 Å². The molecule has 1 aromatic carbocycles. The van der Waals surface area contributed by atoms with E-state index in [-0.39, 0.29) is 6.10 Å². The van der Waals surface area contributed by atoms with Gasteiger partial charge in [-0.1, -0.05) is 37.3 Å². The lowest BCUT2D eigenvalue weighted by Crippen LogP contribution is -2.51. The van der Waals surface area contributed by atoms with Crippen LogP contribution in [0.5, 0.6) is 0 Å². The molecule has 94 valence electrons. The van der Waals surface area contributed by atoms with Gasteiger partial charge < -0.3 is 19.7 Å². The minimum atomic E-state index is -1.67. The van der Waals surface area contributed by atoms with Crippen LogP contribution in [0.4, 0.5) is 0 Å². The molecule has 4 nitrogen and oxygen atoms in total. The van der Waals surface area contributed by atoms with Gasteiger partial charge in [-0.15, -0.1) is 0 Å². The van der Waals surface area contributed by atoms with Gasteiger partial charge in [0.25, 0.3) is 0 Å². The Balaban J connectivity index is 2.87. The van der Waals surface area contributed by atoms with Crippen molar-refractivity contribution in [2.45, 2.75) is 32.0 Å². The largest absolute Gasteiger partial charge is 0.547 e. The van der Waals surface area contributed by atoms with Crippen molar-refractivity contribution in [3.63, 3.8) is 0 Å². The van der Waals surface area contributed by atoms with Crippen LogP contribution >= 0.6 is 0 Å². The summed E-state index contributed by atoms with van der Waals surface area (Å²) in [5, 5.41) is 20.0. The van der Waals surface area contributed by atoms with Crippen LogP contribution in [0, 0.1) is 0 Å². The fourth-order valence-corrected chi connectivity index (χ4v) is 1.52. The molecule has 0 bridgehead atoms. The molecule has 0 amide bonds. The number of aliphatic hydroxyl groups is 1. The summed E-state index contributed by atoms with van der Waals surface area (Å²) in [6, 6.07) is 9.32. The van der Waals surface area contributed by atoms with Crippen LogP contribution in [-0.2, 0) is 9.53 Å². The van der Waals surface area contributed by atoms with Gasteiger partial charge >= 0.3 is 0 Å². The summed E-state index contributed by atoms with van der Waals surface area (Å²) in [5.41, 5.74) is -0.785. The van der Waals surface area contributed by atoms with Crippen LogP contribution in [0.2, 0.25) is 0 Å². The first-order valence-electron chi connectivity index (χ1n) is 5.58. The van der Waals surface area contributed by atoms with Gasteiger partial charge in [-0.25, -0.2) is 0 Å². The molecule has 1 rings (SSSR count). The first-order chi connectivity index (χ1) is 8.03. The van der Waals surface area contributed by atoms with Crippen LogP contribution in [0.25, 0.3) is 0 Å². The van der Waals surface area contributed by atoms with Crippen LogP contribution in [-0.4, -0.2) is 23.3 Å². The van der Waals surface area contributed by atoms with Crippen molar-refractivity contribution in [3.8, 4) is 0 Å². The van der Waals surface area contributed by atoms with Gasteiger partial charge in [0.2, 0.25) is 0 Å². The number of carboxylic acids is 1. The smallest absolute Gasteiger partial charge is 0.128 e. The van der Waals surface area contributed by atoms with Crippen LogP contribution in [0.3, 0.4) is 0 Å². The summed E-state index contributed by atoms with van der Waals surface area (Å²) in [5.74, 6) is -1.41. The van der Waals surface area contributed by atoms with Gasteiger partial charge in [-0.3, -0.25) is 0 Å². The van der Waals surface area contributed by atoms with E-state index in [1.165, 1.54) is 6.92 Å². The highest BCUT2D eigenvalue weighted by Crippen LogP contribution is 2.26. The Morgan fingerprint density at radius 3 is 2.47 bits per heavy atom. The highest BCUT2D eigenvalue weighted by molar-refractivity contribution is 5.74. The average Bonchev–Trinajstić information content (AvgIpc) is 2.36. The van der Waals surface area contributed by atoms with E-state index in [0.717, 1.165) is 5.56 Å². The molecular weight excluding hydrogens is 220 g/mol. The average molecular weight is 237 g/mol. The van der Waals surface area contributed by atoms with Crippen LogP contribution in [0.15, 0.2) is 30.3 Å². The Morgan fingerprint density at radius 1 is 1.47 bits per heavy atom. The van der Waals surface area contributed by atoms with Crippen molar-refractivity contribution in [3.05, 3.63) is 35.9 Å². The predicted molar refractivity (Wildman–Crippen MR) is 61.1 cm³/mol. The summed E-state index contributed by atoms with van der Waals surface area (Å²) in [6.07, 6.45) is 0.249. The number of rotatable bonds is 6. The lowest BCUT2D eigenvalue weighted by molar-refractivity contribution is -0.331. The number of carbonyl (C=O) groups is 1. The first-order valence-corrected chi connectivity index (χ1v) is 5.58. The molecule has 2 atom stereocenters. The van der Waals surface area contributed by atoms with Crippen molar-refractivity contribution in [2.24, 2.45) is 0 Å². The Bertz CT molecular complexity index is 363. The maximum atomic E-state index is 10.9. The molecule has 0 radical (unpaired) electrons. The van der Waals surface area contributed by atoms with Gasteiger partial charge in [-0.05, 0) is 18.9 Å². The van der Waals surface area contributed by atoms with Crippen LogP contribution in [0.1, 0.15) is 31.9 Å². The molecule has 17 heavy (non-hydrogen) atoms. The Hall–Kier alpha value is -1.39. The third kappa shape index (κ3) is 3.28. The van der Waals surface area contributed by atoms with E-state index in [4.69, 9.17) is 9.84 Å². The predicted octanol–water partition coefficient (Wildman–Crippen LogP) is 0.655. The summed E-state index contributed by atoms with van der Waals surface area (Å²) >= 11 is 0. The molecule has 1 aromatic rings. The lowest BCUT2D eigenvalue weighted by atomic mass is 10.0. The molecule has 0 saturated heterocycles. The molecule has 0 aliphatic carbocycles. The minimum absolute atomic E-state index is 0.369. The summed E-state index contributed by atoms with van der Waals surface area (Å²) < 4.78 is 5.47. The van der Waals surface area contributed by atoms with E-state index >= 15 is 0 Å². The normalized spacial score (nSPS) is 16.2. The van der Waals surface area contributed by atoms with Gasteiger partial charge in [0.1, 0.15) is 5.60 Å². The monoisotopic (exact) mass is 237 g/mol. The summed E-state index contributed by atoms with van der Waals surface area (Å²) in [6.45, 7) is 2.59. The topological polar surface area (TPSA) is 69.6 Å². The first kappa shape index (κ1) is 13.7. The molecule has 0 heterocycles. The second kappa shape index (κ2) is 5.80. The number of ether oxygens (including phenoxy) is 1. The van der Waals surface area contributed by atoms with E-state index in [9.17, 15) is 9.90 Å². The van der Waals surface area contributed by atoms with Crippen molar-refractivity contribution >= 4 is 5.97 Å². The van der Waals surface area contributed by atoms with Crippen LogP contribution < -0.4 is 5.11 Å². The third-order valence-electron chi connectivity index (χ3n) is 2.68. The van der Waals surface area contributed by atoms with Gasteiger partial charge in [0.15, 0.2) is 0 Å². The molecule has 0 aliphatic rings. The second-order valence-electron chi connectivity index (χ2n) is 4.10. The number of hydrogen-bond donors (Lipinski definition) is 1. The van der Waals surface area contributed by atoms with Gasteiger partial charge in [0.05, 0.1) is 18.7 Å². The molecule has 0 saturated carbocycles. The fourth-order valence-electron chi connectivity index (χ4n) is 1.52. The number of aliphatic hydroxyl groups excluding tert-OH is 1. The Kier molecular flexibility index (Phi) is 4.66. The third-order valence-corrected chi connectivity index (χ3v) is 2.68. The zero-order chi connectivity index (χ0) is 12.9. The Labute approximate surface area is 101 Å². The zero-order valence-electron chi connectivity index (χ0n) is 10.1. The number of hydrogen-bond acceptors (Lipinski definition) is 4. The summed E-state index contributed by atoms with van der Waals surface area (Å²) in [4.78, 5) is 10.9. The highest BCUT2D eigenvalue weighted by Gasteiger charge is 2.29. The number of aliphatic carboxylic acids is 1. The molecule has 0 aromatic heterocycles. The SMILES string of the molecule is CCC(OC(C)(CO)C(=O)[O-])c1ccccc1. The molecule has 0 spiro atoms. The van der Waals surface area contributed by atoms with Crippen molar-refractivity contribution in [1.29, 1.82) is 0 Å². The maximum absolute atomic E-state index is 10.9. The molecule has 2 unspecified atom stereocenters. The number of carboxylic acid groups (broad SMARTS) is 1. The van der Waals surface area contributed by atoms with Crippen molar-refractivity contribution in [2.75, 3.05) is 6.61 Å². The standard InChI is InChI=1S/C13H18O4/c1-3-11(10-7-5-4-6-8-10)17-13(2,9-14)12(15)16/h4-8,11,14H,3,9H2,1-2H3,(H,15,16)/p-1. The van der Waals surface area contributed by atoms with Gasteiger partial charge in [-0.2, -0.15) is 0 Å². The highest BCUT2D eigenvalue weighted by atomic mass is 16.5. The zero-order valence-corrected chi connectivity index (χ0v) is 10.1. The fraction of sp³-hybridized carbons (Fsp3) is 0.462. The van der Waals surface area contributed by atoms with Gasteiger partial charge in [0, 0.05) is 0 Å². The minimum Gasteiger partial charge on any atom is -0.547 e. The molecule has 1 N–H and O–H groups in total. The molecule has 4 heteroatoms. The quantitative estimate of drug-likeness (QED) is 0.789. The van der Waals surface area contributed by atoms with E-state index in [0.29, 0.717) is 6.42 Å². The molecule has 0 aliphatic heterocycles. The maximum Gasteiger partial charge on any atom is 0.128 e.